The Morgan fingerprint density at radius 1 is 0.964 bits per heavy atom. The average Bonchev–Trinajstić information content (AvgIpc) is 2.63. The maximum absolute atomic E-state index is 11.9. The molecular weight excluding hydrogens is 412 g/mol. The van der Waals surface area contributed by atoms with Crippen molar-refractivity contribution in [1.29, 1.82) is 0 Å². The van der Waals surface area contributed by atoms with Crippen molar-refractivity contribution in [3.63, 3.8) is 0 Å². The predicted octanol–water partition coefficient (Wildman–Crippen LogP) is 1.90. The molecule has 0 saturated heterocycles. The number of rotatable bonds is 8. The zero-order chi connectivity index (χ0) is 21.1. The van der Waals surface area contributed by atoms with Crippen molar-refractivity contribution >= 4 is 25.9 Å². The lowest BCUT2D eigenvalue weighted by Crippen LogP contribution is -2.14. The van der Waals surface area contributed by atoms with Crippen LogP contribution in [0.1, 0.15) is 18.5 Å². The van der Waals surface area contributed by atoms with Gasteiger partial charge in [-0.15, -0.1) is 0 Å². The molecule has 0 heterocycles. The van der Waals surface area contributed by atoms with E-state index in [1.165, 1.54) is 31.4 Å². The quantitative estimate of drug-likeness (QED) is 0.236. The van der Waals surface area contributed by atoms with E-state index >= 15 is 0 Å². The molecule has 2 aromatic carbocycles. The molecule has 2 aromatic rings. The molecule has 0 saturated carbocycles. The second kappa shape index (κ2) is 8.53. The summed E-state index contributed by atoms with van der Waals surface area (Å²) >= 11 is 0. The zero-order valence-electron chi connectivity index (χ0n) is 14.9. The van der Waals surface area contributed by atoms with Crippen LogP contribution in [0.15, 0.2) is 46.2 Å². The van der Waals surface area contributed by atoms with Crippen LogP contribution in [0.25, 0.3) is 11.1 Å². The lowest BCUT2D eigenvalue weighted by Gasteiger charge is -2.16. The van der Waals surface area contributed by atoms with Gasteiger partial charge in [0.25, 0.3) is 20.2 Å². The van der Waals surface area contributed by atoms with E-state index in [2.05, 4.69) is 5.32 Å². The minimum atomic E-state index is -4.75. The van der Waals surface area contributed by atoms with Crippen LogP contribution in [0.4, 0.5) is 5.69 Å². The molecule has 2 rings (SSSR count). The number of hydroxylamine groups is 1. The standard InChI is InChI=1S/C16H20N2O8S2/c1-10(18-19)11-3-5-13(15(7-11)27(20,21)22)14-6-4-12(17-9-26-2)8-16(14)28(23,24)25/h3-8,10,17-19H,9H2,1-2H3,(H,20,21,22)(H,23,24,25). The third-order valence-electron chi connectivity index (χ3n) is 3.95. The van der Waals surface area contributed by atoms with Crippen molar-refractivity contribution in [2.45, 2.75) is 22.8 Å². The van der Waals surface area contributed by atoms with Gasteiger partial charge in [0.15, 0.2) is 0 Å². The molecule has 0 bridgehead atoms. The van der Waals surface area contributed by atoms with Crippen molar-refractivity contribution < 1.29 is 35.9 Å². The van der Waals surface area contributed by atoms with E-state index in [1.807, 2.05) is 5.48 Å². The third-order valence-corrected chi connectivity index (χ3v) is 5.73. The summed E-state index contributed by atoms with van der Waals surface area (Å²) in [5.74, 6) is 0. The third kappa shape index (κ3) is 5.05. The fraction of sp³-hybridized carbons (Fsp3) is 0.250. The van der Waals surface area contributed by atoms with Crippen LogP contribution in [-0.2, 0) is 25.0 Å². The van der Waals surface area contributed by atoms with Gasteiger partial charge in [-0.2, -0.15) is 22.3 Å². The molecule has 0 aromatic heterocycles. The van der Waals surface area contributed by atoms with Crippen molar-refractivity contribution in [1.82, 2.24) is 5.48 Å². The van der Waals surface area contributed by atoms with E-state index in [9.17, 15) is 25.9 Å². The van der Waals surface area contributed by atoms with Gasteiger partial charge in [0.1, 0.15) is 16.5 Å². The maximum atomic E-state index is 11.9. The lowest BCUT2D eigenvalue weighted by atomic mass is 10.0. The summed E-state index contributed by atoms with van der Waals surface area (Å²) < 4.78 is 71.6. The first-order valence-corrected chi connectivity index (χ1v) is 10.7. The molecule has 0 aliphatic carbocycles. The summed E-state index contributed by atoms with van der Waals surface area (Å²) in [5, 5.41) is 11.8. The van der Waals surface area contributed by atoms with Gasteiger partial charge in [-0.25, -0.2) is 0 Å². The van der Waals surface area contributed by atoms with Crippen LogP contribution in [0.5, 0.6) is 0 Å². The number of benzene rings is 2. The van der Waals surface area contributed by atoms with Gasteiger partial charge in [0, 0.05) is 23.9 Å². The molecule has 1 atom stereocenters. The fourth-order valence-electron chi connectivity index (χ4n) is 2.54. The number of hydrogen-bond donors (Lipinski definition) is 5. The maximum Gasteiger partial charge on any atom is 0.295 e. The Labute approximate surface area is 162 Å². The summed E-state index contributed by atoms with van der Waals surface area (Å²) in [5.41, 5.74) is 2.31. The molecular formula is C16H20N2O8S2. The highest BCUT2D eigenvalue weighted by atomic mass is 32.2. The van der Waals surface area contributed by atoms with Crippen molar-refractivity contribution in [2.75, 3.05) is 19.2 Å². The number of methoxy groups -OCH3 is 1. The minimum absolute atomic E-state index is 0.0707. The van der Waals surface area contributed by atoms with Gasteiger partial charge >= 0.3 is 0 Å². The van der Waals surface area contributed by atoms with Gasteiger partial charge < -0.3 is 15.3 Å². The topological polar surface area (TPSA) is 162 Å². The van der Waals surface area contributed by atoms with Gasteiger partial charge in [0.05, 0.1) is 6.04 Å². The summed E-state index contributed by atoms with van der Waals surface area (Å²) in [4.78, 5) is -1.13. The molecule has 0 aliphatic heterocycles. The molecule has 0 fully saturated rings. The minimum Gasteiger partial charge on any atom is -0.365 e. The Hall–Kier alpha value is -2.06. The van der Waals surface area contributed by atoms with E-state index in [0.717, 1.165) is 12.1 Å². The molecule has 28 heavy (non-hydrogen) atoms. The molecule has 12 heteroatoms. The first-order chi connectivity index (χ1) is 13.0. The SMILES string of the molecule is COCNc1ccc(-c2ccc(C(C)NO)cc2S(=O)(=O)O)c(S(=O)(=O)O)c1. The molecule has 0 radical (unpaired) electrons. The Kier molecular flexibility index (Phi) is 6.77. The second-order valence-corrected chi connectivity index (χ2v) is 8.66. The van der Waals surface area contributed by atoms with Crippen LogP contribution in [0.3, 0.4) is 0 Å². The van der Waals surface area contributed by atoms with Crippen LogP contribution < -0.4 is 10.8 Å². The lowest BCUT2D eigenvalue weighted by molar-refractivity contribution is 0.133. The summed E-state index contributed by atoms with van der Waals surface area (Å²) in [6, 6.07) is 7.03. The molecule has 1 unspecified atom stereocenters. The van der Waals surface area contributed by atoms with Gasteiger partial charge in [-0.3, -0.25) is 9.11 Å². The first-order valence-electron chi connectivity index (χ1n) is 7.84. The predicted molar refractivity (Wildman–Crippen MR) is 100 cm³/mol. The molecule has 154 valence electrons. The number of nitrogens with one attached hydrogen (secondary N) is 2. The summed E-state index contributed by atoms with van der Waals surface area (Å²) in [7, 11) is -8.06. The molecule has 0 aliphatic rings. The number of hydrogen-bond acceptors (Lipinski definition) is 8. The van der Waals surface area contributed by atoms with Gasteiger partial charge in [-0.1, -0.05) is 18.2 Å². The fourth-order valence-corrected chi connectivity index (χ4v) is 4.02. The van der Waals surface area contributed by atoms with E-state index in [0.29, 0.717) is 11.3 Å². The van der Waals surface area contributed by atoms with E-state index in [1.54, 1.807) is 6.92 Å². The van der Waals surface area contributed by atoms with Crippen molar-refractivity contribution in [3.05, 3.63) is 42.0 Å². The normalized spacial score (nSPS) is 13.3. The zero-order valence-corrected chi connectivity index (χ0v) is 16.6. The largest absolute Gasteiger partial charge is 0.365 e. The molecule has 5 N–H and O–H groups in total. The number of ether oxygens (including phenoxy) is 1. The number of anilines is 1. The Bertz CT molecular complexity index is 1070. The summed E-state index contributed by atoms with van der Waals surface area (Å²) in [6.07, 6.45) is 0. The monoisotopic (exact) mass is 432 g/mol. The first kappa shape index (κ1) is 22.2. The summed E-state index contributed by atoms with van der Waals surface area (Å²) in [6.45, 7) is 1.62. The Balaban J connectivity index is 2.76. The van der Waals surface area contributed by atoms with Crippen LogP contribution >= 0.6 is 0 Å². The average molecular weight is 432 g/mol. The van der Waals surface area contributed by atoms with Crippen molar-refractivity contribution in [2.24, 2.45) is 0 Å². The smallest absolute Gasteiger partial charge is 0.295 e. The second-order valence-electron chi connectivity index (χ2n) is 5.88. The van der Waals surface area contributed by atoms with E-state index in [4.69, 9.17) is 9.94 Å². The molecule has 10 nitrogen and oxygen atoms in total. The van der Waals surface area contributed by atoms with Gasteiger partial charge in [-0.05, 0) is 30.7 Å². The Morgan fingerprint density at radius 2 is 1.50 bits per heavy atom. The Morgan fingerprint density at radius 3 is 2.00 bits per heavy atom. The highest BCUT2D eigenvalue weighted by Gasteiger charge is 2.24. The van der Waals surface area contributed by atoms with Crippen LogP contribution in [0, 0.1) is 0 Å². The highest BCUT2D eigenvalue weighted by Crippen LogP contribution is 2.35. The van der Waals surface area contributed by atoms with Gasteiger partial charge in [0.2, 0.25) is 0 Å². The van der Waals surface area contributed by atoms with Crippen LogP contribution in [0.2, 0.25) is 0 Å². The van der Waals surface area contributed by atoms with Crippen molar-refractivity contribution in [3.8, 4) is 11.1 Å². The van der Waals surface area contributed by atoms with Crippen LogP contribution in [-0.4, -0.2) is 45.0 Å². The van der Waals surface area contributed by atoms with E-state index in [-0.39, 0.29) is 17.9 Å². The molecule has 0 spiro atoms. The molecule has 0 amide bonds. The van der Waals surface area contributed by atoms with E-state index < -0.39 is 36.1 Å². The highest BCUT2D eigenvalue weighted by molar-refractivity contribution is 7.86.